The van der Waals surface area contributed by atoms with Crippen LogP contribution < -0.4 is 20.3 Å². The molecular formula is C20H20BrN3O4. The van der Waals surface area contributed by atoms with Crippen LogP contribution in [0.25, 0.3) is 0 Å². The molecule has 0 saturated heterocycles. The lowest BCUT2D eigenvalue weighted by molar-refractivity contribution is -0.140. The first-order valence-electron chi connectivity index (χ1n) is 8.78. The minimum absolute atomic E-state index is 0.0547. The maximum atomic E-state index is 12.7. The number of amides is 3. The van der Waals surface area contributed by atoms with Crippen LogP contribution >= 0.6 is 15.9 Å². The summed E-state index contributed by atoms with van der Waals surface area (Å²) in [4.78, 5) is 38.3. The standard InChI is InChI=1S/C20H20BrN3O4/c1-24-16-11-14(21)7-8-17(16)28-12-15(20(24)27)23-19(26)18(25)22-10-9-13-5-3-2-4-6-13/h2-8,11,15H,9-10,12H2,1H3,(H,22,25)(H,23,26)/t15-/m0/s1. The summed E-state index contributed by atoms with van der Waals surface area (Å²) in [5, 5.41) is 5.02. The van der Waals surface area contributed by atoms with Crippen LogP contribution in [0.5, 0.6) is 5.75 Å². The Morgan fingerprint density at radius 3 is 2.68 bits per heavy atom. The first-order chi connectivity index (χ1) is 13.5. The summed E-state index contributed by atoms with van der Waals surface area (Å²) >= 11 is 3.36. The second kappa shape index (κ2) is 8.88. The van der Waals surface area contributed by atoms with E-state index in [0.29, 0.717) is 24.4 Å². The van der Waals surface area contributed by atoms with Crippen molar-refractivity contribution in [1.29, 1.82) is 0 Å². The maximum absolute atomic E-state index is 12.7. The molecule has 2 aromatic carbocycles. The molecule has 1 aliphatic rings. The minimum atomic E-state index is -0.955. The van der Waals surface area contributed by atoms with Gasteiger partial charge in [0, 0.05) is 18.1 Å². The molecule has 3 amide bonds. The molecule has 1 heterocycles. The third kappa shape index (κ3) is 4.69. The van der Waals surface area contributed by atoms with Crippen molar-refractivity contribution in [1.82, 2.24) is 10.6 Å². The highest BCUT2D eigenvalue weighted by molar-refractivity contribution is 9.10. The summed E-state index contributed by atoms with van der Waals surface area (Å²) < 4.78 is 6.45. The van der Waals surface area contributed by atoms with E-state index in [9.17, 15) is 14.4 Å². The van der Waals surface area contributed by atoms with Gasteiger partial charge in [0.05, 0.1) is 5.69 Å². The molecule has 0 saturated carbocycles. The van der Waals surface area contributed by atoms with Crippen molar-refractivity contribution < 1.29 is 19.1 Å². The van der Waals surface area contributed by atoms with Gasteiger partial charge in [0.15, 0.2) is 0 Å². The number of anilines is 1. The number of carbonyl (C=O) groups is 3. The Hall–Kier alpha value is -2.87. The molecule has 0 aromatic heterocycles. The van der Waals surface area contributed by atoms with E-state index in [1.807, 2.05) is 30.3 Å². The number of fused-ring (bicyclic) bond motifs is 1. The largest absolute Gasteiger partial charge is 0.489 e. The number of likely N-dealkylation sites (N-methyl/N-ethyl adjacent to an activating group) is 1. The van der Waals surface area contributed by atoms with Gasteiger partial charge in [0.25, 0.3) is 5.91 Å². The Morgan fingerprint density at radius 2 is 1.93 bits per heavy atom. The van der Waals surface area contributed by atoms with E-state index < -0.39 is 17.9 Å². The molecule has 2 aromatic rings. The Labute approximate surface area is 171 Å². The zero-order valence-corrected chi connectivity index (χ0v) is 16.9. The van der Waals surface area contributed by atoms with Crippen molar-refractivity contribution in [3.8, 4) is 5.75 Å². The molecule has 0 aliphatic carbocycles. The van der Waals surface area contributed by atoms with Crippen LogP contribution in [0.1, 0.15) is 5.56 Å². The van der Waals surface area contributed by atoms with Gasteiger partial charge < -0.3 is 20.3 Å². The maximum Gasteiger partial charge on any atom is 0.310 e. The van der Waals surface area contributed by atoms with E-state index >= 15 is 0 Å². The molecule has 2 N–H and O–H groups in total. The number of nitrogens with zero attached hydrogens (tertiary/aromatic N) is 1. The monoisotopic (exact) mass is 445 g/mol. The number of nitrogens with one attached hydrogen (secondary N) is 2. The van der Waals surface area contributed by atoms with Crippen molar-refractivity contribution in [2.24, 2.45) is 0 Å². The van der Waals surface area contributed by atoms with Crippen LogP contribution in [0.4, 0.5) is 5.69 Å². The molecule has 8 heteroatoms. The summed E-state index contributed by atoms with van der Waals surface area (Å²) in [6.07, 6.45) is 0.609. The predicted octanol–water partition coefficient (Wildman–Crippen LogP) is 1.65. The number of hydrogen-bond acceptors (Lipinski definition) is 4. The van der Waals surface area contributed by atoms with E-state index in [2.05, 4.69) is 26.6 Å². The Kier molecular flexibility index (Phi) is 6.30. The SMILES string of the molecule is CN1C(=O)[C@@H](NC(=O)C(=O)NCCc2ccccc2)COc2ccc(Br)cc21. The fraction of sp³-hybridized carbons (Fsp3) is 0.250. The van der Waals surface area contributed by atoms with E-state index in [1.54, 1.807) is 25.2 Å². The number of halogens is 1. The Morgan fingerprint density at radius 1 is 1.18 bits per heavy atom. The lowest BCUT2D eigenvalue weighted by Gasteiger charge is -2.20. The van der Waals surface area contributed by atoms with Gasteiger partial charge in [-0.2, -0.15) is 0 Å². The predicted molar refractivity (Wildman–Crippen MR) is 108 cm³/mol. The zero-order chi connectivity index (χ0) is 20.1. The third-order valence-electron chi connectivity index (χ3n) is 4.37. The molecule has 1 aliphatic heterocycles. The van der Waals surface area contributed by atoms with Gasteiger partial charge in [-0.05, 0) is 30.2 Å². The lowest BCUT2D eigenvalue weighted by atomic mass is 10.1. The van der Waals surface area contributed by atoms with Crippen LogP contribution in [0.3, 0.4) is 0 Å². The van der Waals surface area contributed by atoms with E-state index in [4.69, 9.17) is 4.74 Å². The summed E-state index contributed by atoms with van der Waals surface area (Å²) in [5.74, 6) is -1.48. The fourth-order valence-electron chi connectivity index (χ4n) is 2.84. The number of hydrogen-bond donors (Lipinski definition) is 2. The molecule has 0 unspecified atom stereocenters. The molecule has 1 atom stereocenters. The first kappa shape index (κ1) is 19.9. The van der Waals surface area contributed by atoms with Gasteiger partial charge in [-0.3, -0.25) is 14.4 Å². The molecule has 3 rings (SSSR count). The summed E-state index contributed by atoms with van der Waals surface area (Å²) in [7, 11) is 1.60. The van der Waals surface area contributed by atoms with Gasteiger partial charge in [-0.15, -0.1) is 0 Å². The topological polar surface area (TPSA) is 87.7 Å². The van der Waals surface area contributed by atoms with Crippen molar-refractivity contribution in [3.05, 3.63) is 58.6 Å². The average Bonchev–Trinajstić information content (AvgIpc) is 2.81. The van der Waals surface area contributed by atoms with Gasteiger partial charge in [-0.1, -0.05) is 46.3 Å². The zero-order valence-electron chi connectivity index (χ0n) is 15.3. The molecule has 0 fully saturated rings. The Balaban J connectivity index is 1.56. The highest BCUT2D eigenvalue weighted by atomic mass is 79.9. The highest BCUT2D eigenvalue weighted by Gasteiger charge is 2.32. The summed E-state index contributed by atoms with van der Waals surface area (Å²) in [6, 6.07) is 14.0. The van der Waals surface area contributed by atoms with E-state index in [1.165, 1.54) is 4.90 Å². The number of rotatable bonds is 4. The molecular weight excluding hydrogens is 426 g/mol. The first-order valence-corrected chi connectivity index (χ1v) is 9.57. The molecule has 0 radical (unpaired) electrons. The number of benzene rings is 2. The molecule has 0 bridgehead atoms. The second-order valence-electron chi connectivity index (χ2n) is 6.34. The van der Waals surface area contributed by atoms with Crippen molar-refractivity contribution in [2.45, 2.75) is 12.5 Å². The third-order valence-corrected chi connectivity index (χ3v) is 4.86. The van der Waals surface area contributed by atoms with Crippen molar-refractivity contribution in [2.75, 3.05) is 25.1 Å². The Bertz CT molecular complexity index is 888. The minimum Gasteiger partial charge on any atom is -0.489 e. The van der Waals surface area contributed by atoms with Crippen LogP contribution in [0.2, 0.25) is 0 Å². The van der Waals surface area contributed by atoms with Crippen molar-refractivity contribution in [3.63, 3.8) is 0 Å². The molecule has 7 nitrogen and oxygen atoms in total. The smallest absolute Gasteiger partial charge is 0.310 e. The fourth-order valence-corrected chi connectivity index (χ4v) is 3.19. The quantitative estimate of drug-likeness (QED) is 0.700. The van der Waals surface area contributed by atoms with Crippen LogP contribution in [-0.2, 0) is 20.8 Å². The molecule has 146 valence electrons. The summed E-state index contributed by atoms with van der Waals surface area (Å²) in [5.41, 5.74) is 1.64. The van der Waals surface area contributed by atoms with Gasteiger partial charge in [0.2, 0.25) is 0 Å². The van der Waals surface area contributed by atoms with Gasteiger partial charge in [0.1, 0.15) is 18.4 Å². The van der Waals surface area contributed by atoms with Crippen LogP contribution in [-0.4, -0.2) is 44.0 Å². The normalized spacial score (nSPS) is 15.9. The van der Waals surface area contributed by atoms with Crippen LogP contribution in [0, 0.1) is 0 Å². The highest BCUT2D eigenvalue weighted by Crippen LogP contribution is 2.33. The van der Waals surface area contributed by atoms with Crippen LogP contribution in [0.15, 0.2) is 53.0 Å². The van der Waals surface area contributed by atoms with Crippen molar-refractivity contribution >= 4 is 39.3 Å². The summed E-state index contributed by atoms with van der Waals surface area (Å²) in [6.45, 7) is 0.269. The molecule has 0 spiro atoms. The number of carbonyl (C=O) groups excluding carboxylic acids is 3. The number of ether oxygens (including phenoxy) is 1. The van der Waals surface area contributed by atoms with E-state index in [0.717, 1.165) is 10.0 Å². The second-order valence-corrected chi connectivity index (χ2v) is 7.25. The van der Waals surface area contributed by atoms with Gasteiger partial charge in [-0.25, -0.2) is 0 Å². The average molecular weight is 446 g/mol. The lowest BCUT2D eigenvalue weighted by Crippen LogP contribution is -2.53. The van der Waals surface area contributed by atoms with E-state index in [-0.39, 0.29) is 12.5 Å². The molecule has 28 heavy (non-hydrogen) atoms. The van der Waals surface area contributed by atoms with Gasteiger partial charge >= 0.3 is 11.8 Å².